The molecule has 3 nitrogen and oxygen atoms in total. The minimum atomic E-state index is -0.160. The van der Waals surface area contributed by atoms with E-state index in [-0.39, 0.29) is 11.5 Å². The predicted molar refractivity (Wildman–Crippen MR) is 78.1 cm³/mol. The lowest BCUT2D eigenvalue weighted by Gasteiger charge is -2.40. The first-order chi connectivity index (χ1) is 9.15. The largest absolute Gasteiger partial charge is 0.396 e. The number of likely N-dealkylation sites (tertiary alicyclic amines) is 1. The Morgan fingerprint density at radius 3 is 2.16 bits per heavy atom. The van der Waals surface area contributed by atoms with Crippen LogP contribution in [0.5, 0.6) is 0 Å². The third kappa shape index (κ3) is 4.17. The first kappa shape index (κ1) is 15.3. The van der Waals surface area contributed by atoms with E-state index in [1.807, 2.05) is 6.92 Å². The van der Waals surface area contributed by atoms with Gasteiger partial charge in [-0.2, -0.15) is 0 Å². The average molecular weight is 269 g/mol. The van der Waals surface area contributed by atoms with E-state index < -0.39 is 0 Å². The number of nitrogens with zero attached hydrogens (tertiary/aromatic N) is 1. The molecular weight excluding hydrogens is 238 g/mol. The normalized spacial score (nSPS) is 27.9. The van der Waals surface area contributed by atoms with Gasteiger partial charge in [-0.15, -0.1) is 0 Å². The van der Waals surface area contributed by atoms with E-state index in [2.05, 4.69) is 4.90 Å². The molecule has 0 aromatic carbocycles. The summed E-state index contributed by atoms with van der Waals surface area (Å²) in [6.07, 6.45) is 9.69. The molecule has 1 saturated heterocycles. The maximum absolute atomic E-state index is 9.87. The summed E-state index contributed by atoms with van der Waals surface area (Å²) in [4.78, 5) is 2.53. The molecular formula is C16H31NO2. The average Bonchev–Trinajstić information content (AvgIpc) is 2.65. The molecule has 0 amide bonds. The maximum Gasteiger partial charge on any atom is 0.0541 e. The van der Waals surface area contributed by atoms with Crippen LogP contribution in [0.1, 0.15) is 58.3 Å². The van der Waals surface area contributed by atoms with Gasteiger partial charge in [-0.05, 0) is 51.6 Å². The van der Waals surface area contributed by atoms with E-state index in [1.165, 1.54) is 38.5 Å². The first-order valence-corrected chi connectivity index (χ1v) is 8.16. The number of hydrogen-bond acceptors (Lipinski definition) is 3. The highest BCUT2D eigenvalue weighted by Crippen LogP contribution is 2.36. The third-order valence-electron chi connectivity index (χ3n) is 5.37. The number of aliphatic hydroxyl groups is 2. The standard InChI is InChI=1S/C16H31NO2/c1-14(19)15-6-10-17(11-7-15)12-16(13-18)8-4-2-3-5-9-16/h14-15,18-19H,2-13H2,1H3. The first-order valence-electron chi connectivity index (χ1n) is 8.16. The molecule has 2 N–H and O–H groups in total. The van der Waals surface area contributed by atoms with E-state index in [0.717, 1.165) is 32.5 Å². The number of aliphatic hydroxyl groups excluding tert-OH is 2. The van der Waals surface area contributed by atoms with Crippen LogP contribution in [-0.2, 0) is 0 Å². The van der Waals surface area contributed by atoms with E-state index in [9.17, 15) is 10.2 Å². The number of piperidine rings is 1. The Morgan fingerprint density at radius 2 is 1.68 bits per heavy atom. The molecule has 1 aliphatic carbocycles. The second-order valence-electron chi connectivity index (χ2n) is 6.93. The summed E-state index contributed by atoms with van der Waals surface area (Å²) in [5.41, 5.74) is 0.161. The van der Waals surface area contributed by atoms with Gasteiger partial charge in [0.1, 0.15) is 0 Å². The van der Waals surface area contributed by atoms with Crippen molar-refractivity contribution in [3.8, 4) is 0 Å². The van der Waals surface area contributed by atoms with Crippen LogP contribution in [0, 0.1) is 11.3 Å². The van der Waals surface area contributed by atoms with E-state index >= 15 is 0 Å². The van der Waals surface area contributed by atoms with Crippen molar-refractivity contribution in [3.63, 3.8) is 0 Å². The highest BCUT2D eigenvalue weighted by molar-refractivity contribution is 4.86. The molecule has 3 heteroatoms. The Morgan fingerprint density at radius 1 is 1.11 bits per heavy atom. The van der Waals surface area contributed by atoms with E-state index in [4.69, 9.17) is 0 Å². The van der Waals surface area contributed by atoms with Crippen LogP contribution in [-0.4, -0.2) is 47.5 Å². The fourth-order valence-electron chi connectivity index (χ4n) is 3.91. The highest BCUT2D eigenvalue weighted by Gasteiger charge is 2.34. The molecule has 1 heterocycles. The molecule has 1 atom stereocenters. The van der Waals surface area contributed by atoms with Crippen LogP contribution < -0.4 is 0 Å². The van der Waals surface area contributed by atoms with Crippen molar-refractivity contribution in [2.75, 3.05) is 26.2 Å². The molecule has 1 unspecified atom stereocenters. The van der Waals surface area contributed by atoms with Gasteiger partial charge in [0.25, 0.3) is 0 Å². The third-order valence-corrected chi connectivity index (χ3v) is 5.37. The lowest BCUT2D eigenvalue weighted by Crippen LogP contribution is -2.45. The molecule has 0 aromatic rings. The smallest absolute Gasteiger partial charge is 0.0541 e. The zero-order valence-corrected chi connectivity index (χ0v) is 12.5. The van der Waals surface area contributed by atoms with Crippen molar-refractivity contribution in [2.24, 2.45) is 11.3 Å². The van der Waals surface area contributed by atoms with Gasteiger partial charge in [-0.25, -0.2) is 0 Å². The second kappa shape index (κ2) is 7.05. The number of hydrogen-bond donors (Lipinski definition) is 2. The van der Waals surface area contributed by atoms with Crippen LogP contribution in [0.2, 0.25) is 0 Å². The fraction of sp³-hybridized carbons (Fsp3) is 1.00. The molecule has 0 radical (unpaired) electrons. The molecule has 2 aliphatic rings. The summed E-state index contributed by atoms with van der Waals surface area (Å²) in [7, 11) is 0. The topological polar surface area (TPSA) is 43.7 Å². The Kier molecular flexibility index (Phi) is 5.67. The quantitative estimate of drug-likeness (QED) is 0.770. The summed E-state index contributed by atoms with van der Waals surface area (Å²) >= 11 is 0. The van der Waals surface area contributed by atoms with Gasteiger partial charge in [-0.3, -0.25) is 0 Å². The van der Waals surface area contributed by atoms with Gasteiger partial charge in [0.05, 0.1) is 6.10 Å². The Balaban J connectivity index is 1.85. The molecule has 0 bridgehead atoms. The summed E-state index contributed by atoms with van der Waals surface area (Å²) in [5.74, 6) is 0.482. The summed E-state index contributed by atoms with van der Waals surface area (Å²) < 4.78 is 0. The van der Waals surface area contributed by atoms with Crippen molar-refractivity contribution in [3.05, 3.63) is 0 Å². The van der Waals surface area contributed by atoms with Gasteiger partial charge in [0.2, 0.25) is 0 Å². The van der Waals surface area contributed by atoms with Crippen molar-refractivity contribution in [1.29, 1.82) is 0 Å². The van der Waals surface area contributed by atoms with Crippen molar-refractivity contribution >= 4 is 0 Å². The molecule has 0 aromatic heterocycles. The lowest BCUT2D eigenvalue weighted by atomic mass is 9.80. The van der Waals surface area contributed by atoms with Crippen LogP contribution in [0.4, 0.5) is 0 Å². The van der Waals surface area contributed by atoms with Crippen LogP contribution in [0.15, 0.2) is 0 Å². The van der Waals surface area contributed by atoms with Crippen molar-refractivity contribution in [1.82, 2.24) is 4.90 Å². The van der Waals surface area contributed by atoms with E-state index in [0.29, 0.717) is 12.5 Å². The second-order valence-corrected chi connectivity index (χ2v) is 6.93. The zero-order chi connectivity index (χ0) is 13.7. The van der Waals surface area contributed by atoms with E-state index in [1.54, 1.807) is 0 Å². The fourth-order valence-corrected chi connectivity index (χ4v) is 3.91. The highest BCUT2D eigenvalue weighted by atomic mass is 16.3. The van der Waals surface area contributed by atoms with Gasteiger partial charge in [0, 0.05) is 18.6 Å². The van der Waals surface area contributed by atoms with Crippen LogP contribution in [0.25, 0.3) is 0 Å². The molecule has 112 valence electrons. The van der Waals surface area contributed by atoms with Gasteiger partial charge in [-0.1, -0.05) is 25.7 Å². The van der Waals surface area contributed by atoms with Crippen LogP contribution in [0.3, 0.4) is 0 Å². The summed E-state index contributed by atoms with van der Waals surface area (Å²) in [6, 6.07) is 0. The van der Waals surface area contributed by atoms with Crippen molar-refractivity contribution in [2.45, 2.75) is 64.4 Å². The molecule has 2 rings (SSSR count). The molecule has 0 spiro atoms. The molecule has 1 aliphatic heterocycles. The summed E-state index contributed by atoms with van der Waals surface area (Å²) in [5, 5.41) is 19.5. The summed E-state index contributed by atoms with van der Waals surface area (Å²) in [6.45, 7) is 5.52. The molecule has 19 heavy (non-hydrogen) atoms. The monoisotopic (exact) mass is 269 g/mol. The Bertz CT molecular complexity index is 251. The zero-order valence-electron chi connectivity index (χ0n) is 12.5. The van der Waals surface area contributed by atoms with Crippen molar-refractivity contribution < 1.29 is 10.2 Å². The SMILES string of the molecule is CC(O)C1CCN(CC2(CO)CCCCCC2)CC1. The van der Waals surface area contributed by atoms with Gasteiger partial charge < -0.3 is 15.1 Å². The molecule has 1 saturated carbocycles. The Labute approximate surface area is 118 Å². The maximum atomic E-state index is 9.87. The molecule has 2 fully saturated rings. The number of rotatable bonds is 4. The minimum Gasteiger partial charge on any atom is -0.396 e. The Hall–Kier alpha value is -0.120. The van der Waals surface area contributed by atoms with Gasteiger partial charge >= 0.3 is 0 Å². The predicted octanol–water partition coefficient (Wildman–Crippen LogP) is 2.41. The lowest BCUT2D eigenvalue weighted by molar-refractivity contribution is 0.0249. The van der Waals surface area contributed by atoms with Gasteiger partial charge in [0.15, 0.2) is 0 Å². The van der Waals surface area contributed by atoms with Crippen LogP contribution >= 0.6 is 0 Å². The minimum absolute atomic E-state index is 0.160.